The third-order valence-corrected chi connectivity index (χ3v) is 10.6. The smallest absolute Gasteiger partial charge is 0.204 e. The highest BCUT2D eigenvalue weighted by Gasteiger charge is 2.34. The molecule has 9 heteroatoms. The highest BCUT2D eigenvalue weighted by atomic mass is 16.5. The lowest BCUT2D eigenvalue weighted by molar-refractivity contribution is 0.220. The molecule has 9 nitrogen and oxygen atoms in total. The van der Waals surface area contributed by atoms with Gasteiger partial charge in [0, 0.05) is 37.3 Å². The molecule has 0 saturated heterocycles. The molecule has 0 saturated carbocycles. The molecule has 0 unspecified atom stereocenters. The molecular weight excluding hydrogens is 642 g/mol. The van der Waals surface area contributed by atoms with Gasteiger partial charge in [-0.25, -0.2) is 0 Å². The molecule has 4 aliphatic heterocycles. The molecule has 4 aromatic carbocycles. The van der Waals surface area contributed by atoms with Crippen LogP contribution >= 0.6 is 0 Å². The van der Waals surface area contributed by atoms with Crippen molar-refractivity contribution in [3.8, 4) is 46.0 Å². The second kappa shape index (κ2) is 15.0. The molecule has 4 heterocycles. The van der Waals surface area contributed by atoms with E-state index in [1.54, 1.807) is 21.3 Å². The number of rotatable bonds is 8. The number of hydrogen-bond acceptors (Lipinski definition) is 9. The van der Waals surface area contributed by atoms with Crippen molar-refractivity contribution in [1.82, 2.24) is 14.7 Å². The van der Waals surface area contributed by atoms with Crippen LogP contribution < -0.4 is 28.4 Å². The molecule has 0 fully saturated rings. The van der Waals surface area contributed by atoms with Crippen LogP contribution in [0.1, 0.15) is 51.9 Å². The maximum Gasteiger partial charge on any atom is 0.204 e. The van der Waals surface area contributed by atoms with Crippen LogP contribution in [0, 0.1) is 0 Å². The van der Waals surface area contributed by atoms with Crippen molar-refractivity contribution in [1.29, 1.82) is 0 Å². The van der Waals surface area contributed by atoms with Crippen LogP contribution in [0.25, 0.3) is 0 Å². The molecular formula is C42H51N3O6. The maximum atomic E-state index is 7.08. The molecule has 8 rings (SSSR count). The molecule has 4 aliphatic rings. The van der Waals surface area contributed by atoms with Crippen LogP contribution in [-0.2, 0) is 25.7 Å². The lowest BCUT2D eigenvalue weighted by Crippen LogP contribution is -2.34. The largest absolute Gasteiger partial charge is 0.493 e. The van der Waals surface area contributed by atoms with Gasteiger partial charge < -0.3 is 33.3 Å². The van der Waals surface area contributed by atoms with Crippen molar-refractivity contribution in [3.63, 3.8) is 0 Å². The highest BCUT2D eigenvalue weighted by molar-refractivity contribution is 5.64. The lowest BCUT2D eigenvalue weighted by Gasteiger charge is -2.37. The Labute approximate surface area is 302 Å². The van der Waals surface area contributed by atoms with Gasteiger partial charge in [-0.05, 0) is 131 Å². The van der Waals surface area contributed by atoms with Gasteiger partial charge >= 0.3 is 0 Å². The fourth-order valence-electron chi connectivity index (χ4n) is 7.79. The number of benzene rings is 4. The van der Waals surface area contributed by atoms with E-state index in [1.165, 1.54) is 22.3 Å². The van der Waals surface area contributed by atoms with E-state index in [4.69, 9.17) is 28.4 Å². The van der Waals surface area contributed by atoms with E-state index in [-0.39, 0.29) is 12.1 Å². The first-order chi connectivity index (χ1) is 24.8. The van der Waals surface area contributed by atoms with E-state index >= 15 is 0 Å². The van der Waals surface area contributed by atoms with Crippen LogP contribution in [0.5, 0.6) is 46.0 Å². The number of ether oxygens (including phenoxy) is 6. The Morgan fingerprint density at radius 2 is 1.37 bits per heavy atom. The van der Waals surface area contributed by atoms with Crippen LogP contribution in [0.2, 0.25) is 0 Å². The second-order valence-corrected chi connectivity index (χ2v) is 14.3. The zero-order chi connectivity index (χ0) is 35.6. The zero-order valence-corrected chi connectivity index (χ0v) is 31.1. The third kappa shape index (κ3) is 7.20. The summed E-state index contributed by atoms with van der Waals surface area (Å²) in [4.78, 5) is 7.01. The van der Waals surface area contributed by atoms with Crippen LogP contribution in [0.4, 0.5) is 0 Å². The molecule has 4 aromatic rings. The number of hydrogen-bond donors (Lipinski definition) is 0. The van der Waals surface area contributed by atoms with Gasteiger partial charge in [0.25, 0.3) is 0 Å². The predicted octanol–water partition coefficient (Wildman–Crippen LogP) is 7.48. The topological polar surface area (TPSA) is 65.1 Å². The molecule has 0 amide bonds. The first-order valence-corrected chi connectivity index (χ1v) is 18.0. The molecule has 6 bridgehead atoms. The molecule has 270 valence electrons. The predicted molar refractivity (Wildman–Crippen MR) is 200 cm³/mol. The molecule has 0 N–H and O–H groups in total. The summed E-state index contributed by atoms with van der Waals surface area (Å²) in [6.45, 7) is 3.41. The van der Waals surface area contributed by atoms with Crippen molar-refractivity contribution in [3.05, 3.63) is 94.0 Å². The Kier molecular flexibility index (Phi) is 10.3. The van der Waals surface area contributed by atoms with Gasteiger partial charge in [0.1, 0.15) is 5.75 Å². The molecule has 0 spiro atoms. The Morgan fingerprint density at radius 3 is 2.10 bits per heavy atom. The number of nitrogens with zero attached hydrogens (tertiary/aromatic N) is 3. The van der Waals surface area contributed by atoms with E-state index < -0.39 is 0 Å². The molecule has 51 heavy (non-hydrogen) atoms. The first kappa shape index (κ1) is 35.0. The summed E-state index contributed by atoms with van der Waals surface area (Å²) in [5.74, 6) is 5.50. The fraction of sp³-hybridized carbons (Fsp3) is 0.429. The van der Waals surface area contributed by atoms with Crippen LogP contribution in [-0.4, -0.2) is 90.5 Å². The molecule has 2 atom stereocenters. The lowest BCUT2D eigenvalue weighted by atomic mass is 9.87. The van der Waals surface area contributed by atoms with Gasteiger partial charge in [0.2, 0.25) is 5.75 Å². The quantitative estimate of drug-likeness (QED) is 0.175. The van der Waals surface area contributed by atoms with Crippen molar-refractivity contribution in [2.45, 2.75) is 44.2 Å². The van der Waals surface area contributed by atoms with Crippen molar-refractivity contribution in [2.75, 3.05) is 75.8 Å². The van der Waals surface area contributed by atoms with Gasteiger partial charge in [-0.1, -0.05) is 18.2 Å². The Bertz CT molecular complexity index is 1860. The second-order valence-electron chi connectivity index (χ2n) is 14.3. The average molecular weight is 694 g/mol. The normalized spacial score (nSPS) is 18.6. The summed E-state index contributed by atoms with van der Waals surface area (Å²) < 4.78 is 38.1. The molecule has 0 aliphatic carbocycles. The fourth-order valence-corrected chi connectivity index (χ4v) is 7.79. The SMILES string of the molecule is COc1cc2c3cc1Oc1c(OC)c(OC)cc4c1[C@@H](Cc1ccc(OCCCN(C)C)c(c1)Oc1ccc(cc1)C[C@@H]3N(C)CC2)N(C)CC4. The van der Waals surface area contributed by atoms with E-state index in [2.05, 4.69) is 104 Å². The minimum absolute atomic E-state index is 0.0102. The van der Waals surface area contributed by atoms with Crippen LogP contribution in [0.3, 0.4) is 0 Å². The van der Waals surface area contributed by atoms with Gasteiger partial charge in [0.15, 0.2) is 34.5 Å². The minimum Gasteiger partial charge on any atom is -0.493 e. The van der Waals surface area contributed by atoms with Crippen LogP contribution in [0.15, 0.2) is 60.7 Å². The monoisotopic (exact) mass is 693 g/mol. The summed E-state index contributed by atoms with van der Waals surface area (Å²) in [5, 5.41) is 0. The zero-order valence-electron chi connectivity index (χ0n) is 31.1. The number of methoxy groups -OCH3 is 3. The van der Waals surface area contributed by atoms with Gasteiger partial charge in [-0.15, -0.1) is 0 Å². The Hall–Kier alpha value is -4.44. The van der Waals surface area contributed by atoms with Gasteiger partial charge in [0.05, 0.1) is 27.9 Å². The summed E-state index contributed by atoms with van der Waals surface area (Å²) in [6.07, 6.45) is 4.28. The summed E-state index contributed by atoms with van der Waals surface area (Å²) >= 11 is 0. The van der Waals surface area contributed by atoms with Crippen molar-refractivity contribution < 1.29 is 28.4 Å². The Balaban J connectivity index is 1.40. The summed E-state index contributed by atoms with van der Waals surface area (Å²) in [7, 11) is 13.6. The van der Waals surface area contributed by atoms with Gasteiger partial charge in [-0.3, -0.25) is 9.80 Å². The summed E-state index contributed by atoms with van der Waals surface area (Å²) in [6, 6.07) is 21.4. The minimum atomic E-state index is -0.0102. The molecule has 0 radical (unpaired) electrons. The Morgan fingerprint density at radius 1 is 0.706 bits per heavy atom. The van der Waals surface area contributed by atoms with E-state index in [0.29, 0.717) is 41.1 Å². The number of likely N-dealkylation sites (N-methyl/N-ethyl adjacent to an activating group) is 2. The molecule has 0 aromatic heterocycles. The highest BCUT2D eigenvalue weighted by Crippen LogP contribution is 2.52. The third-order valence-electron chi connectivity index (χ3n) is 10.6. The average Bonchev–Trinajstić information content (AvgIpc) is 3.13. The first-order valence-electron chi connectivity index (χ1n) is 18.0. The van der Waals surface area contributed by atoms with Gasteiger partial charge in [-0.2, -0.15) is 0 Å². The van der Waals surface area contributed by atoms with E-state index in [9.17, 15) is 0 Å². The maximum absolute atomic E-state index is 7.08. The van der Waals surface area contributed by atoms with Crippen molar-refractivity contribution >= 4 is 0 Å². The van der Waals surface area contributed by atoms with E-state index in [1.807, 2.05) is 0 Å². The van der Waals surface area contributed by atoms with E-state index in [0.717, 1.165) is 74.4 Å². The standard InChI is InChI=1S/C42H51N3O6/c1-43(2)17-8-20-49-35-14-11-28-22-34-40-30(16-19-45(34)4)25-39(47-6)41(48-7)42(40)51-38-26-32-29(24-36(38)46-5)15-18-44(3)33(32)21-27-9-12-31(13-10-27)50-37(35)23-28/h9-14,23-26,33-34H,8,15-22H2,1-7H3/t33-,34+/m0/s1. The summed E-state index contributed by atoms with van der Waals surface area (Å²) in [5.41, 5.74) is 7.17. The van der Waals surface area contributed by atoms with Crippen molar-refractivity contribution in [2.24, 2.45) is 0 Å². The number of fused-ring (bicyclic) bond motifs is 2.